The van der Waals surface area contributed by atoms with Gasteiger partial charge in [0.15, 0.2) is 0 Å². The Morgan fingerprint density at radius 2 is 1.82 bits per heavy atom. The van der Waals surface area contributed by atoms with Gasteiger partial charge in [-0.25, -0.2) is 4.98 Å². The molecule has 0 bridgehead atoms. The summed E-state index contributed by atoms with van der Waals surface area (Å²) in [6.07, 6.45) is -0.205. The highest BCUT2D eigenvalue weighted by Crippen LogP contribution is 2.35. The molecule has 0 unspecified atom stereocenters. The molecule has 4 heterocycles. The second-order valence-electron chi connectivity index (χ2n) is 8.68. The molecule has 10 heteroatoms. The summed E-state index contributed by atoms with van der Waals surface area (Å²) in [5.74, 6) is -0.238. The van der Waals surface area contributed by atoms with E-state index in [1.54, 1.807) is 34.1 Å². The normalized spacial score (nSPS) is 20.6. The summed E-state index contributed by atoms with van der Waals surface area (Å²) in [5.41, 5.74) is 1.31. The minimum atomic E-state index is -4.37. The number of amides is 1. The Hall–Kier alpha value is -3.40. The third-order valence-electron chi connectivity index (χ3n) is 6.39. The van der Waals surface area contributed by atoms with Crippen molar-refractivity contribution in [3.05, 3.63) is 81.8 Å². The van der Waals surface area contributed by atoms with E-state index in [0.717, 1.165) is 17.8 Å². The quantitative estimate of drug-likeness (QED) is 0.580. The summed E-state index contributed by atoms with van der Waals surface area (Å²) in [6.45, 7) is 2.95. The van der Waals surface area contributed by atoms with Gasteiger partial charge in [0.05, 0.1) is 29.8 Å². The number of hydrogen-bond donors (Lipinski definition) is 0. The second kappa shape index (κ2) is 8.43. The highest BCUT2D eigenvalue weighted by atomic mass is 19.4. The monoisotopic (exact) mass is 472 g/mol. The lowest BCUT2D eigenvalue weighted by molar-refractivity contribution is -0.137. The van der Waals surface area contributed by atoms with E-state index in [-0.39, 0.29) is 23.7 Å². The van der Waals surface area contributed by atoms with E-state index in [1.165, 1.54) is 16.7 Å². The van der Waals surface area contributed by atoms with Crippen molar-refractivity contribution >= 4 is 5.91 Å². The van der Waals surface area contributed by atoms with Crippen LogP contribution in [-0.2, 0) is 17.5 Å². The molecule has 178 valence electrons. The molecule has 0 spiro atoms. The molecule has 3 aromatic rings. The third kappa shape index (κ3) is 4.13. The molecule has 7 nitrogen and oxygen atoms in total. The van der Waals surface area contributed by atoms with Crippen molar-refractivity contribution in [1.29, 1.82) is 0 Å². The van der Waals surface area contributed by atoms with Crippen molar-refractivity contribution in [3.63, 3.8) is 0 Å². The van der Waals surface area contributed by atoms with E-state index in [1.807, 2.05) is 6.92 Å². The predicted octanol–water partition coefficient (Wildman–Crippen LogP) is 3.74. The van der Waals surface area contributed by atoms with Gasteiger partial charge in [0, 0.05) is 25.8 Å². The van der Waals surface area contributed by atoms with Crippen LogP contribution in [-0.4, -0.2) is 44.1 Å². The summed E-state index contributed by atoms with van der Waals surface area (Å²) in [4.78, 5) is 31.9. The van der Waals surface area contributed by atoms with Crippen LogP contribution < -0.4 is 5.56 Å². The average molecular weight is 472 g/mol. The maximum Gasteiger partial charge on any atom is 0.416 e. The average Bonchev–Trinajstić information content (AvgIpc) is 3.45. The first-order valence-corrected chi connectivity index (χ1v) is 11.1. The van der Waals surface area contributed by atoms with Gasteiger partial charge in [-0.2, -0.15) is 13.2 Å². The number of carbonyl (C=O) groups excluding carboxylic acids is 1. The first-order chi connectivity index (χ1) is 16.2. The Bertz CT molecular complexity index is 1280. The fraction of sp³-hybridized carbons (Fsp3) is 0.375. The number of imidazole rings is 1. The number of benzene rings is 1. The van der Waals surface area contributed by atoms with E-state index in [9.17, 15) is 22.8 Å². The largest absolute Gasteiger partial charge is 0.416 e. The van der Waals surface area contributed by atoms with Gasteiger partial charge >= 0.3 is 6.18 Å². The van der Waals surface area contributed by atoms with E-state index >= 15 is 0 Å². The summed E-state index contributed by atoms with van der Waals surface area (Å²) < 4.78 is 47.6. The van der Waals surface area contributed by atoms with Gasteiger partial charge < -0.3 is 18.8 Å². The fourth-order valence-electron chi connectivity index (χ4n) is 4.60. The van der Waals surface area contributed by atoms with Crippen LogP contribution in [0, 0.1) is 6.92 Å². The molecular formula is C24H23F3N4O3. The van der Waals surface area contributed by atoms with Crippen LogP contribution in [0.3, 0.4) is 0 Å². The van der Waals surface area contributed by atoms with Gasteiger partial charge in [-0.1, -0.05) is 12.1 Å². The number of ether oxygens (including phenoxy) is 1. The van der Waals surface area contributed by atoms with Crippen LogP contribution in [0.1, 0.15) is 46.3 Å². The van der Waals surface area contributed by atoms with Gasteiger partial charge in [-0.3, -0.25) is 9.59 Å². The molecule has 2 atom stereocenters. The highest BCUT2D eigenvalue weighted by molar-refractivity contribution is 5.93. The zero-order valence-electron chi connectivity index (χ0n) is 18.5. The molecule has 0 aliphatic carbocycles. The van der Waals surface area contributed by atoms with Gasteiger partial charge in [-0.15, -0.1) is 0 Å². The van der Waals surface area contributed by atoms with Gasteiger partial charge in [0.25, 0.3) is 11.5 Å². The molecule has 0 saturated carbocycles. The molecular weight excluding hydrogens is 449 g/mol. The van der Waals surface area contributed by atoms with Crippen LogP contribution in [0.25, 0.3) is 5.69 Å². The van der Waals surface area contributed by atoms with Crippen molar-refractivity contribution in [3.8, 4) is 5.69 Å². The van der Waals surface area contributed by atoms with E-state index < -0.39 is 11.7 Å². The Balaban J connectivity index is 1.26. The van der Waals surface area contributed by atoms with E-state index in [2.05, 4.69) is 4.98 Å². The maximum absolute atomic E-state index is 13.1. The predicted molar refractivity (Wildman–Crippen MR) is 117 cm³/mol. The molecule has 2 aliphatic rings. The van der Waals surface area contributed by atoms with E-state index in [0.29, 0.717) is 49.4 Å². The number of halogens is 3. The minimum absolute atomic E-state index is 0.220. The van der Waals surface area contributed by atoms with Crippen molar-refractivity contribution in [2.45, 2.75) is 44.7 Å². The van der Waals surface area contributed by atoms with E-state index in [4.69, 9.17) is 4.74 Å². The summed E-state index contributed by atoms with van der Waals surface area (Å²) in [6, 6.07) is 8.31. The highest BCUT2D eigenvalue weighted by Gasteiger charge is 2.34. The Labute approximate surface area is 193 Å². The SMILES string of the molecule is Cc1cn(-c2ccc3n(c2=O)CCN(C[C@@H]2CC[C@@H](c4ccc(C(F)(F)F)cc4)O2)C3=O)cn1. The zero-order valence-corrected chi connectivity index (χ0v) is 18.5. The topological polar surface area (TPSA) is 69.4 Å². The molecule has 0 N–H and O–H groups in total. The molecule has 2 aliphatic heterocycles. The Kier molecular flexibility index (Phi) is 5.55. The molecule has 5 rings (SSSR count). The molecule has 1 amide bonds. The third-order valence-corrected chi connectivity index (χ3v) is 6.39. The number of rotatable bonds is 4. The van der Waals surface area contributed by atoms with Crippen molar-refractivity contribution in [2.24, 2.45) is 0 Å². The molecule has 1 saturated heterocycles. The number of aryl methyl sites for hydroxylation is 1. The summed E-state index contributed by atoms with van der Waals surface area (Å²) >= 11 is 0. The lowest BCUT2D eigenvalue weighted by atomic mass is 10.0. The number of fused-ring (bicyclic) bond motifs is 1. The number of pyridine rings is 1. The van der Waals surface area contributed by atoms with Gasteiger partial charge in [0.1, 0.15) is 11.4 Å². The zero-order chi connectivity index (χ0) is 24.0. The number of alkyl halides is 3. The van der Waals surface area contributed by atoms with Crippen LogP contribution in [0.2, 0.25) is 0 Å². The van der Waals surface area contributed by atoms with Gasteiger partial charge in [-0.05, 0) is 49.6 Å². The van der Waals surface area contributed by atoms with Gasteiger partial charge in [0.2, 0.25) is 0 Å². The Morgan fingerprint density at radius 3 is 2.50 bits per heavy atom. The number of hydrogen-bond acceptors (Lipinski definition) is 4. The van der Waals surface area contributed by atoms with Crippen LogP contribution >= 0.6 is 0 Å². The first kappa shape index (κ1) is 22.4. The first-order valence-electron chi connectivity index (χ1n) is 11.1. The summed E-state index contributed by atoms with van der Waals surface area (Å²) in [5, 5.41) is 0. The molecule has 2 aromatic heterocycles. The molecule has 1 fully saturated rings. The minimum Gasteiger partial charge on any atom is -0.368 e. The second-order valence-corrected chi connectivity index (χ2v) is 8.68. The number of nitrogens with zero attached hydrogens (tertiary/aromatic N) is 4. The lowest BCUT2D eigenvalue weighted by Gasteiger charge is -2.31. The lowest BCUT2D eigenvalue weighted by Crippen LogP contribution is -2.47. The van der Waals surface area contributed by atoms with Crippen LogP contribution in [0.4, 0.5) is 13.2 Å². The van der Waals surface area contributed by atoms with Crippen molar-refractivity contribution in [1.82, 2.24) is 19.0 Å². The maximum atomic E-state index is 13.1. The van der Waals surface area contributed by atoms with Crippen LogP contribution in [0.5, 0.6) is 0 Å². The van der Waals surface area contributed by atoms with Crippen LogP contribution in [0.15, 0.2) is 53.7 Å². The number of carbonyl (C=O) groups is 1. The van der Waals surface area contributed by atoms with Crippen molar-refractivity contribution in [2.75, 3.05) is 13.1 Å². The smallest absolute Gasteiger partial charge is 0.368 e. The summed E-state index contributed by atoms with van der Waals surface area (Å²) in [7, 11) is 0. The fourth-order valence-corrected chi connectivity index (χ4v) is 4.60. The molecule has 1 aromatic carbocycles. The molecule has 34 heavy (non-hydrogen) atoms. The standard InChI is InChI=1S/C24H23F3N4O3/c1-15-12-30(14-28-15)19-7-8-20-22(32)29(10-11-31(20)23(19)33)13-18-6-9-21(34-18)16-2-4-17(5-3-16)24(25,26)27/h2-5,7-8,12,14,18,21H,6,9-11,13H2,1H3/t18-,21-/m0/s1. The Morgan fingerprint density at radius 1 is 1.06 bits per heavy atom. The van der Waals surface area contributed by atoms with Crippen molar-refractivity contribution < 1.29 is 22.7 Å². The molecule has 0 radical (unpaired) electrons. The number of aromatic nitrogens is 3.